The summed E-state index contributed by atoms with van der Waals surface area (Å²) < 4.78 is 33.9. The van der Waals surface area contributed by atoms with E-state index in [9.17, 15) is 14.8 Å². The van der Waals surface area contributed by atoms with Gasteiger partial charge in [-0.2, -0.15) is 4.39 Å². The lowest BCUT2D eigenvalue weighted by molar-refractivity contribution is -0.914. The molecule has 0 radical (unpaired) electrons. The molecule has 2 aromatic carbocycles. The fraction of sp³-hybridized carbons (Fsp3) is 0.441. The van der Waals surface area contributed by atoms with Crippen molar-refractivity contribution >= 4 is 18.0 Å². The average molecular weight is 620 g/mol. The maximum absolute atomic E-state index is 15.9. The Morgan fingerprint density at radius 2 is 1.64 bits per heavy atom. The van der Waals surface area contributed by atoms with Crippen LogP contribution in [0.15, 0.2) is 66.7 Å². The van der Waals surface area contributed by atoms with Crippen molar-refractivity contribution in [3.8, 4) is 5.75 Å². The van der Waals surface area contributed by atoms with Crippen LogP contribution in [0.4, 0.5) is 19.8 Å². The van der Waals surface area contributed by atoms with Crippen LogP contribution in [0.25, 0.3) is 0 Å². The number of piperazine rings is 1. The van der Waals surface area contributed by atoms with Crippen molar-refractivity contribution in [2.75, 3.05) is 24.6 Å². The highest BCUT2D eigenvalue weighted by Gasteiger charge is 2.48. The largest absolute Gasteiger partial charge is 0.491 e. The van der Waals surface area contributed by atoms with Gasteiger partial charge in [-0.1, -0.05) is 60.7 Å². The van der Waals surface area contributed by atoms with Crippen LogP contribution in [0, 0.1) is 5.95 Å². The molecule has 6 rings (SSSR count). The van der Waals surface area contributed by atoms with E-state index in [4.69, 9.17) is 14.2 Å². The molecule has 3 atom stereocenters. The number of aromatic nitrogens is 1. The molecule has 1 aromatic heterocycles. The number of benzene rings is 2. The van der Waals surface area contributed by atoms with Gasteiger partial charge in [0.15, 0.2) is 0 Å². The van der Waals surface area contributed by atoms with Crippen LogP contribution in [0.2, 0.25) is 0 Å². The van der Waals surface area contributed by atoms with Gasteiger partial charge in [-0.3, -0.25) is 14.7 Å². The maximum Gasteiger partial charge on any atom is 0.411 e. The Morgan fingerprint density at radius 1 is 1.02 bits per heavy atom. The van der Waals surface area contributed by atoms with Crippen LogP contribution in [0.3, 0.4) is 0 Å². The third kappa shape index (κ3) is 6.62. The van der Waals surface area contributed by atoms with E-state index in [0.717, 1.165) is 24.0 Å². The minimum atomic E-state index is -0.841. The quantitative estimate of drug-likeness (QED) is 0.234. The number of amides is 2. The zero-order valence-electron chi connectivity index (χ0n) is 25.9. The predicted molar refractivity (Wildman–Crippen MR) is 162 cm³/mol. The van der Waals surface area contributed by atoms with Crippen molar-refractivity contribution in [2.24, 2.45) is 0 Å². The number of carbonyl (C=O) groups excluding carboxylic acids is 2. The summed E-state index contributed by atoms with van der Waals surface area (Å²) >= 11 is 0. The van der Waals surface area contributed by atoms with Gasteiger partial charge >= 0.3 is 24.0 Å². The Balaban J connectivity index is 1.20. The second kappa shape index (κ2) is 12.5. The van der Waals surface area contributed by atoms with Crippen LogP contribution in [-0.2, 0) is 29.0 Å². The number of halogens is 1. The standard InChI is InChI=1S/C34H40FN4O6/c1-34(2,3)45-33(41)38-25-14-15-26(38)20-36(19-25)30-17-29-28(31(35)39(30)42)16-27(22-43-29)37(18-23-10-6-4-7-11-23)32(40)44-21-24-12-8-5-9-13-24/h4-13,17,25-27,42H,14-16,18-22H2,1-3H3/q+1/t25?,26?,27-/m1/s1. The fourth-order valence-corrected chi connectivity index (χ4v) is 6.44. The summed E-state index contributed by atoms with van der Waals surface area (Å²) in [6.07, 6.45) is 0.851. The van der Waals surface area contributed by atoms with Gasteiger partial charge in [0.2, 0.25) is 0 Å². The number of pyridine rings is 1. The van der Waals surface area contributed by atoms with E-state index < -0.39 is 23.7 Å². The van der Waals surface area contributed by atoms with E-state index >= 15 is 4.39 Å². The van der Waals surface area contributed by atoms with E-state index in [-0.39, 0.29) is 55.7 Å². The second-order valence-corrected chi connectivity index (χ2v) is 12.9. The molecule has 45 heavy (non-hydrogen) atoms. The summed E-state index contributed by atoms with van der Waals surface area (Å²) in [4.78, 5) is 31.6. The van der Waals surface area contributed by atoms with Crippen LogP contribution in [-0.4, -0.2) is 70.6 Å². The first-order valence-electron chi connectivity index (χ1n) is 15.4. The first-order valence-corrected chi connectivity index (χ1v) is 15.4. The molecule has 0 spiro atoms. The molecule has 2 amide bonds. The molecule has 1 N–H and O–H groups in total. The summed E-state index contributed by atoms with van der Waals surface area (Å²) in [5.74, 6) is -0.261. The smallest absolute Gasteiger partial charge is 0.411 e. The van der Waals surface area contributed by atoms with Crippen LogP contribution < -0.4 is 14.4 Å². The average Bonchev–Trinajstić information content (AvgIpc) is 3.30. The van der Waals surface area contributed by atoms with Crippen LogP contribution >= 0.6 is 0 Å². The van der Waals surface area contributed by atoms with Gasteiger partial charge in [0.25, 0.3) is 0 Å². The molecule has 2 fully saturated rings. The third-order valence-corrected chi connectivity index (χ3v) is 8.57. The zero-order valence-corrected chi connectivity index (χ0v) is 25.9. The summed E-state index contributed by atoms with van der Waals surface area (Å²) in [5.41, 5.74) is 1.33. The maximum atomic E-state index is 15.9. The van der Waals surface area contributed by atoms with Crippen molar-refractivity contribution in [2.45, 2.75) is 76.9 Å². The number of hydrogen-bond donors (Lipinski definition) is 1. The number of ether oxygens (including phenoxy) is 3. The summed E-state index contributed by atoms with van der Waals surface area (Å²) in [7, 11) is 0. The number of nitrogens with zero attached hydrogens (tertiary/aromatic N) is 4. The molecule has 0 saturated carbocycles. The van der Waals surface area contributed by atoms with Crippen molar-refractivity contribution in [3.63, 3.8) is 0 Å². The number of carbonyl (C=O) groups is 2. The Labute approximate surface area is 262 Å². The lowest BCUT2D eigenvalue weighted by Gasteiger charge is -2.38. The molecule has 3 aliphatic heterocycles. The lowest BCUT2D eigenvalue weighted by Crippen LogP contribution is -2.59. The molecule has 4 heterocycles. The first-order chi connectivity index (χ1) is 21.6. The molecule has 11 heteroatoms. The SMILES string of the molecule is CC(C)(C)OC(=O)N1C2CCC1CN(c1cc3c(c(F)[n+]1O)C[C@@H](N(Cc1ccccc1)C(=O)OCc1ccccc1)CO3)C2. The Morgan fingerprint density at radius 3 is 2.27 bits per heavy atom. The lowest BCUT2D eigenvalue weighted by atomic mass is 10.0. The molecule has 238 valence electrons. The molecular weight excluding hydrogens is 579 g/mol. The number of anilines is 1. The molecule has 3 aliphatic rings. The number of fused-ring (bicyclic) bond motifs is 3. The Hall–Kier alpha value is -4.54. The molecule has 2 unspecified atom stereocenters. The molecule has 2 bridgehead atoms. The zero-order chi connectivity index (χ0) is 31.7. The summed E-state index contributed by atoms with van der Waals surface area (Å²) in [6.45, 7) is 6.86. The Bertz CT molecular complexity index is 1520. The molecule has 10 nitrogen and oxygen atoms in total. The molecular formula is C34H40FN4O6+. The van der Waals surface area contributed by atoms with Gasteiger partial charge in [0.05, 0.1) is 29.8 Å². The fourth-order valence-electron chi connectivity index (χ4n) is 6.44. The monoisotopic (exact) mass is 619 g/mol. The van der Waals surface area contributed by atoms with Gasteiger partial charge in [-0.05, 0) is 49.5 Å². The highest BCUT2D eigenvalue weighted by Crippen LogP contribution is 2.36. The Kier molecular flexibility index (Phi) is 8.44. The van der Waals surface area contributed by atoms with Crippen LogP contribution in [0.1, 0.15) is 50.3 Å². The van der Waals surface area contributed by atoms with Crippen molar-refractivity contribution < 1.29 is 38.1 Å². The van der Waals surface area contributed by atoms with Gasteiger partial charge in [0.1, 0.15) is 37.7 Å². The van der Waals surface area contributed by atoms with Gasteiger partial charge in [0, 0.05) is 13.0 Å². The third-order valence-electron chi connectivity index (χ3n) is 8.57. The topological polar surface area (TPSA) is 95.7 Å². The van der Waals surface area contributed by atoms with Crippen molar-refractivity contribution in [1.82, 2.24) is 9.80 Å². The molecule has 0 aliphatic carbocycles. The highest BCUT2D eigenvalue weighted by atomic mass is 19.1. The first kappa shape index (κ1) is 30.5. The van der Waals surface area contributed by atoms with Gasteiger partial charge < -0.3 is 19.4 Å². The second-order valence-electron chi connectivity index (χ2n) is 12.9. The summed E-state index contributed by atoms with van der Waals surface area (Å²) in [6, 6.07) is 19.8. The van der Waals surface area contributed by atoms with Gasteiger partial charge in [-0.15, -0.1) is 0 Å². The predicted octanol–water partition coefficient (Wildman–Crippen LogP) is 5.08. The summed E-state index contributed by atoms with van der Waals surface area (Å²) in [5, 5.41) is 11.0. The normalized spacial score (nSPS) is 20.7. The van der Waals surface area contributed by atoms with Crippen molar-refractivity contribution in [3.05, 3.63) is 89.4 Å². The van der Waals surface area contributed by atoms with Crippen LogP contribution in [0.5, 0.6) is 5.75 Å². The minimum Gasteiger partial charge on any atom is -0.491 e. The number of rotatable bonds is 6. The van der Waals surface area contributed by atoms with Gasteiger partial charge in [-0.25, -0.2) is 9.59 Å². The van der Waals surface area contributed by atoms with E-state index in [0.29, 0.717) is 23.6 Å². The highest BCUT2D eigenvalue weighted by molar-refractivity contribution is 5.70. The molecule has 2 saturated heterocycles. The van der Waals surface area contributed by atoms with E-state index in [1.807, 2.05) is 86.3 Å². The van der Waals surface area contributed by atoms with E-state index in [1.165, 1.54) is 0 Å². The van der Waals surface area contributed by atoms with E-state index in [1.54, 1.807) is 15.9 Å². The molecule has 3 aromatic rings. The van der Waals surface area contributed by atoms with Crippen molar-refractivity contribution in [1.29, 1.82) is 0 Å². The van der Waals surface area contributed by atoms with E-state index in [2.05, 4.69) is 0 Å². The number of hydrogen-bond acceptors (Lipinski definition) is 7. The minimum absolute atomic E-state index is 0.104.